The summed E-state index contributed by atoms with van der Waals surface area (Å²) < 4.78 is 0. The molecule has 0 aromatic heterocycles. The number of amides is 2. The molecule has 0 aromatic carbocycles. The van der Waals surface area contributed by atoms with Crippen molar-refractivity contribution in [3.05, 3.63) is 0 Å². The lowest BCUT2D eigenvalue weighted by atomic mass is 9.87. The number of hydrogen-bond acceptors (Lipinski definition) is 2. The van der Waals surface area contributed by atoms with Crippen LogP contribution in [-0.2, 0) is 4.79 Å². The van der Waals surface area contributed by atoms with Crippen molar-refractivity contribution in [1.82, 2.24) is 10.2 Å². The van der Waals surface area contributed by atoms with E-state index in [1.807, 2.05) is 27.7 Å². The third-order valence-electron chi connectivity index (χ3n) is 3.30. The Labute approximate surface area is 122 Å². The monoisotopic (exact) mass is 286 g/mol. The van der Waals surface area contributed by atoms with Gasteiger partial charge < -0.3 is 15.3 Å². The maximum Gasteiger partial charge on any atom is 0.317 e. The van der Waals surface area contributed by atoms with E-state index in [1.54, 1.807) is 11.9 Å². The Morgan fingerprint density at radius 1 is 1.30 bits per heavy atom. The van der Waals surface area contributed by atoms with Crippen LogP contribution in [0.1, 0.15) is 60.3 Å². The van der Waals surface area contributed by atoms with Gasteiger partial charge in [0.25, 0.3) is 0 Å². The summed E-state index contributed by atoms with van der Waals surface area (Å²) in [6.45, 7) is 10.2. The van der Waals surface area contributed by atoms with Gasteiger partial charge in [-0.05, 0) is 25.2 Å². The fraction of sp³-hybridized carbons (Fsp3) is 0.867. The van der Waals surface area contributed by atoms with Gasteiger partial charge in [0.2, 0.25) is 0 Å². The normalized spacial score (nSPS) is 14.5. The Morgan fingerprint density at radius 3 is 2.25 bits per heavy atom. The van der Waals surface area contributed by atoms with Crippen LogP contribution in [0.5, 0.6) is 0 Å². The summed E-state index contributed by atoms with van der Waals surface area (Å²) in [5.41, 5.74) is -0.0268. The summed E-state index contributed by atoms with van der Waals surface area (Å²) in [7, 11) is 1.75. The summed E-state index contributed by atoms with van der Waals surface area (Å²) in [6.07, 6.45) is 2.55. The first kappa shape index (κ1) is 18.7. The zero-order valence-electron chi connectivity index (χ0n) is 13.7. The van der Waals surface area contributed by atoms with Crippen molar-refractivity contribution in [3.63, 3.8) is 0 Å². The molecule has 0 spiro atoms. The molecule has 2 N–H and O–H groups in total. The molecule has 0 heterocycles. The number of carbonyl (C=O) groups is 2. The Bertz CT molecular complexity index is 324. The van der Waals surface area contributed by atoms with E-state index >= 15 is 0 Å². The van der Waals surface area contributed by atoms with Crippen molar-refractivity contribution >= 4 is 12.0 Å². The number of hydrogen-bond donors (Lipinski definition) is 2. The van der Waals surface area contributed by atoms with E-state index in [1.165, 1.54) is 0 Å². The molecule has 0 aliphatic heterocycles. The molecule has 2 unspecified atom stereocenters. The van der Waals surface area contributed by atoms with Crippen LogP contribution in [-0.4, -0.2) is 41.1 Å². The fourth-order valence-corrected chi connectivity index (χ4v) is 2.21. The molecule has 118 valence electrons. The lowest BCUT2D eigenvalue weighted by Gasteiger charge is -2.30. The largest absolute Gasteiger partial charge is 0.481 e. The van der Waals surface area contributed by atoms with E-state index in [0.717, 1.165) is 12.8 Å². The van der Waals surface area contributed by atoms with Gasteiger partial charge in [-0.15, -0.1) is 0 Å². The standard InChI is InChI=1S/C15H30N2O3/c1-7-8-11(2)17(6)14(20)16-12(9-13(18)19)10-15(3,4)5/h11-12H,7-10H2,1-6H3,(H,16,20)(H,18,19). The lowest BCUT2D eigenvalue weighted by molar-refractivity contribution is -0.137. The molecular formula is C15H30N2O3. The van der Waals surface area contributed by atoms with Gasteiger partial charge >= 0.3 is 12.0 Å². The fourth-order valence-electron chi connectivity index (χ4n) is 2.21. The van der Waals surface area contributed by atoms with E-state index in [-0.39, 0.29) is 30.0 Å². The maximum absolute atomic E-state index is 12.2. The number of carbonyl (C=O) groups excluding carboxylic acids is 1. The average Bonchev–Trinajstić information content (AvgIpc) is 2.24. The number of nitrogens with zero attached hydrogens (tertiary/aromatic N) is 1. The van der Waals surface area contributed by atoms with Crippen LogP contribution in [0.15, 0.2) is 0 Å². The Kier molecular flexibility index (Phi) is 7.61. The highest BCUT2D eigenvalue weighted by Gasteiger charge is 2.24. The third-order valence-corrected chi connectivity index (χ3v) is 3.30. The van der Waals surface area contributed by atoms with Gasteiger partial charge in [-0.25, -0.2) is 4.79 Å². The number of rotatable bonds is 7. The highest BCUT2D eigenvalue weighted by atomic mass is 16.4. The zero-order chi connectivity index (χ0) is 15.9. The first-order valence-electron chi connectivity index (χ1n) is 7.32. The van der Waals surface area contributed by atoms with E-state index < -0.39 is 5.97 Å². The van der Waals surface area contributed by atoms with Crippen LogP contribution in [0.2, 0.25) is 0 Å². The van der Waals surface area contributed by atoms with E-state index in [2.05, 4.69) is 12.2 Å². The summed E-state index contributed by atoms with van der Waals surface area (Å²) in [5, 5.41) is 11.8. The molecule has 0 rings (SSSR count). The summed E-state index contributed by atoms with van der Waals surface area (Å²) in [5.74, 6) is -0.885. The quantitative estimate of drug-likeness (QED) is 0.755. The molecule has 0 aromatic rings. The molecule has 0 radical (unpaired) electrons. The van der Waals surface area contributed by atoms with Crippen LogP contribution in [0.25, 0.3) is 0 Å². The smallest absolute Gasteiger partial charge is 0.317 e. The van der Waals surface area contributed by atoms with Crippen molar-refractivity contribution in [2.45, 2.75) is 72.4 Å². The number of carboxylic acid groups (broad SMARTS) is 1. The minimum absolute atomic E-state index is 0.0268. The van der Waals surface area contributed by atoms with Crippen LogP contribution in [0, 0.1) is 5.41 Å². The molecule has 0 saturated heterocycles. The molecular weight excluding hydrogens is 256 g/mol. The maximum atomic E-state index is 12.2. The second-order valence-electron chi connectivity index (χ2n) is 6.76. The van der Waals surface area contributed by atoms with Gasteiger partial charge in [0.05, 0.1) is 6.42 Å². The van der Waals surface area contributed by atoms with Crippen molar-refractivity contribution in [2.75, 3.05) is 7.05 Å². The van der Waals surface area contributed by atoms with Crippen molar-refractivity contribution in [3.8, 4) is 0 Å². The van der Waals surface area contributed by atoms with E-state index in [4.69, 9.17) is 5.11 Å². The molecule has 0 fully saturated rings. The van der Waals surface area contributed by atoms with Gasteiger partial charge in [0.1, 0.15) is 0 Å². The number of urea groups is 1. The predicted octanol–water partition coefficient (Wildman–Crippen LogP) is 3.10. The lowest BCUT2D eigenvalue weighted by Crippen LogP contribution is -2.48. The van der Waals surface area contributed by atoms with Gasteiger partial charge in [0.15, 0.2) is 0 Å². The number of nitrogens with one attached hydrogen (secondary N) is 1. The number of carboxylic acids is 1. The molecule has 5 nitrogen and oxygen atoms in total. The highest BCUT2D eigenvalue weighted by molar-refractivity contribution is 5.76. The third kappa shape index (κ3) is 8.02. The van der Waals surface area contributed by atoms with Gasteiger partial charge in [-0.2, -0.15) is 0 Å². The Hall–Kier alpha value is -1.26. The molecule has 0 saturated carbocycles. The summed E-state index contributed by atoms with van der Waals surface area (Å²) in [6, 6.07) is -0.377. The van der Waals surface area contributed by atoms with Crippen molar-refractivity contribution in [2.24, 2.45) is 5.41 Å². The molecule has 0 bridgehead atoms. The van der Waals surface area contributed by atoms with Gasteiger partial charge in [0, 0.05) is 19.1 Å². The zero-order valence-corrected chi connectivity index (χ0v) is 13.7. The average molecular weight is 286 g/mol. The van der Waals surface area contributed by atoms with Crippen LogP contribution in [0.4, 0.5) is 4.79 Å². The molecule has 20 heavy (non-hydrogen) atoms. The van der Waals surface area contributed by atoms with Crippen LogP contribution >= 0.6 is 0 Å². The second-order valence-corrected chi connectivity index (χ2v) is 6.76. The Balaban J connectivity index is 4.63. The van der Waals surface area contributed by atoms with Crippen molar-refractivity contribution < 1.29 is 14.7 Å². The van der Waals surface area contributed by atoms with E-state index in [0.29, 0.717) is 6.42 Å². The second kappa shape index (κ2) is 8.12. The van der Waals surface area contributed by atoms with Gasteiger partial charge in [-0.1, -0.05) is 34.1 Å². The van der Waals surface area contributed by atoms with Crippen LogP contribution in [0.3, 0.4) is 0 Å². The minimum Gasteiger partial charge on any atom is -0.481 e. The van der Waals surface area contributed by atoms with Crippen LogP contribution < -0.4 is 5.32 Å². The molecule has 2 atom stereocenters. The first-order chi connectivity index (χ1) is 9.06. The topological polar surface area (TPSA) is 69.6 Å². The molecule has 0 aliphatic carbocycles. The molecule has 2 amide bonds. The molecule has 0 aliphatic rings. The van der Waals surface area contributed by atoms with Crippen molar-refractivity contribution in [1.29, 1.82) is 0 Å². The SMILES string of the molecule is CCCC(C)N(C)C(=O)NC(CC(=O)O)CC(C)(C)C. The molecule has 5 heteroatoms. The summed E-state index contributed by atoms with van der Waals surface area (Å²) >= 11 is 0. The van der Waals surface area contributed by atoms with Gasteiger partial charge in [-0.3, -0.25) is 4.79 Å². The summed E-state index contributed by atoms with van der Waals surface area (Å²) in [4.78, 5) is 24.7. The highest BCUT2D eigenvalue weighted by Crippen LogP contribution is 2.22. The Morgan fingerprint density at radius 2 is 1.85 bits per heavy atom. The minimum atomic E-state index is -0.885. The van der Waals surface area contributed by atoms with E-state index in [9.17, 15) is 9.59 Å². The predicted molar refractivity (Wildman–Crippen MR) is 80.8 cm³/mol. The number of aliphatic carboxylic acids is 1. The first-order valence-corrected chi connectivity index (χ1v) is 7.32.